The van der Waals surface area contributed by atoms with Gasteiger partial charge >= 0.3 is 18.5 Å². The van der Waals surface area contributed by atoms with Crippen molar-refractivity contribution in [3.8, 4) is 45.8 Å². The van der Waals surface area contributed by atoms with Crippen LogP contribution in [0.15, 0.2) is 140 Å². The molecule has 0 N–H and O–H groups in total. The molecule has 13 heteroatoms. The average Bonchev–Trinajstić information content (AvgIpc) is 3.74. The summed E-state index contributed by atoms with van der Waals surface area (Å²) in [5, 5.41) is 21.8. The average molecular weight is 815 g/mol. The number of hydrogen-bond donors (Lipinski definition) is 0. The SMILES string of the molecule is N#Cc1ccc(-n2c3ccccc3c3cc(C(F)(F)F)ccc32)c(-c2cc(-c3ccc(C(F)(F)F)cc3C#N)ccc2-n2c3ccccc3c3cc(C(F)(F)F)ccc32)c1. The van der Waals surface area contributed by atoms with Gasteiger partial charge in [-0.3, -0.25) is 0 Å². The molecule has 0 aliphatic rings. The first-order chi connectivity index (χ1) is 28.6. The first kappa shape index (κ1) is 38.0. The topological polar surface area (TPSA) is 57.4 Å². The fraction of sp³-hybridized carbons (Fsp3) is 0.0638. The highest BCUT2D eigenvalue weighted by molar-refractivity contribution is 6.12. The van der Waals surface area contributed by atoms with Gasteiger partial charge in [-0.1, -0.05) is 48.5 Å². The highest BCUT2D eigenvalue weighted by Gasteiger charge is 2.34. The standard InChI is InChI=1S/C47H23F9N4/c48-45(49,50)29-11-14-32(28(20-29)25-58)27-10-16-42(60-40-8-4-2-6-34(40)38-23-31(47(54,55)56)13-18-44(38)60)36(21-27)35-19-26(24-57)9-15-41(35)59-39-7-3-1-5-33(39)37-22-30(46(51,52)53)12-17-43(37)59/h1-23H. The highest BCUT2D eigenvalue weighted by atomic mass is 19.4. The van der Waals surface area contributed by atoms with Crippen molar-refractivity contribution in [2.75, 3.05) is 0 Å². The van der Waals surface area contributed by atoms with Gasteiger partial charge in [-0.05, 0) is 102 Å². The van der Waals surface area contributed by atoms with Gasteiger partial charge in [-0.2, -0.15) is 50.0 Å². The van der Waals surface area contributed by atoms with E-state index >= 15 is 0 Å². The van der Waals surface area contributed by atoms with Crippen molar-refractivity contribution in [3.05, 3.63) is 167 Å². The molecule has 9 aromatic rings. The Kier molecular flexibility index (Phi) is 8.58. The van der Waals surface area contributed by atoms with E-state index in [4.69, 9.17) is 0 Å². The summed E-state index contributed by atoms with van der Waals surface area (Å²) in [5.41, 5.74) is 0.799. The lowest BCUT2D eigenvalue weighted by Crippen LogP contribution is -2.06. The van der Waals surface area contributed by atoms with Crippen LogP contribution in [-0.4, -0.2) is 9.13 Å². The molecule has 9 rings (SSSR count). The predicted molar refractivity (Wildman–Crippen MR) is 210 cm³/mol. The number of nitrogens with zero attached hydrogens (tertiary/aromatic N) is 4. The molecule has 0 aliphatic carbocycles. The van der Waals surface area contributed by atoms with Crippen molar-refractivity contribution in [2.45, 2.75) is 18.5 Å². The summed E-state index contributed by atoms with van der Waals surface area (Å²) in [5.74, 6) is 0. The molecule has 0 spiro atoms. The van der Waals surface area contributed by atoms with Crippen LogP contribution in [0.5, 0.6) is 0 Å². The Morgan fingerprint density at radius 1 is 0.383 bits per heavy atom. The van der Waals surface area contributed by atoms with Crippen molar-refractivity contribution in [1.29, 1.82) is 10.5 Å². The van der Waals surface area contributed by atoms with Crippen molar-refractivity contribution >= 4 is 43.6 Å². The maximum Gasteiger partial charge on any atom is 0.416 e. The van der Waals surface area contributed by atoms with E-state index in [0.717, 1.165) is 36.4 Å². The Balaban J connectivity index is 1.41. The molecule has 0 aliphatic heterocycles. The number of fused-ring (bicyclic) bond motifs is 6. The third-order valence-corrected chi connectivity index (χ3v) is 10.7. The van der Waals surface area contributed by atoms with Crippen LogP contribution >= 0.6 is 0 Å². The highest BCUT2D eigenvalue weighted by Crippen LogP contribution is 2.45. The van der Waals surface area contributed by atoms with E-state index in [0.29, 0.717) is 60.9 Å². The quantitative estimate of drug-likeness (QED) is 0.166. The molecule has 0 radical (unpaired) electrons. The van der Waals surface area contributed by atoms with Gasteiger partial charge in [0.1, 0.15) is 0 Å². The third kappa shape index (κ3) is 6.18. The minimum absolute atomic E-state index is 0.143. The fourth-order valence-corrected chi connectivity index (χ4v) is 8.01. The van der Waals surface area contributed by atoms with Gasteiger partial charge in [0.25, 0.3) is 0 Å². The van der Waals surface area contributed by atoms with Gasteiger partial charge in [0, 0.05) is 32.7 Å². The number of aromatic nitrogens is 2. The summed E-state index contributed by atoms with van der Waals surface area (Å²) in [4.78, 5) is 0. The van der Waals surface area contributed by atoms with Crippen LogP contribution in [0, 0.1) is 22.7 Å². The molecule has 0 saturated heterocycles. The minimum Gasteiger partial charge on any atom is -0.309 e. The summed E-state index contributed by atoms with van der Waals surface area (Å²) in [6.45, 7) is 0. The van der Waals surface area contributed by atoms with E-state index in [2.05, 4.69) is 6.07 Å². The molecule has 60 heavy (non-hydrogen) atoms. The predicted octanol–water partition coefficient (Wildman–Crippen LogP) is 14.0. The van der Waals surface area contributed by atoms with Gasteiger partial charge < -0.3 is 9.13 Å². The van der Waals surface area contributed by atoms with Crippen molar-refractivity contribution in [1.82, 2.24) is 9.13 Å². The summed E-state index contributed by atoms with van der Waals surface area (Å²) in [7, 11) is 0. The number of para-hydroxylation sites is 2. The van der Waals surface area contributed by atoms with Gasteiger partial charge in [0.15, 0.2) is 0 Å². The van der Waals surface area contributed by atoms with E-state index in [-0.39, 0.29) is 27.5 Å². The van der Waals surface area contributed by atoms with E-state index < -0.39 is 35.2 Å². The van der Waals surface area contributed by atoms with Crippen molar-refractivity contribution < 1.29 is 39.5 Å². The summed E-state index contributed by atoms with van der Waals surface area (Å²) in [6, 6.07) is 36.7. The molecular weight excluding hydrogens is 792 g/mol. The molecule has 2 heterocycles. The van der Waals surface area contributed by atoms with E-state index in [9.17, 15) is 50.0 Å². The lowest BCUT2D eigenvalue weighted by atomic mass is 9.92. The van der Waals surface area contributed by atoms with Gasteiger partial charge in [-0.15, -0.1) is 0 Å². The molecular formula is C47H23F9N4. The van der Waals surface area contributed by atoms with Gasteiger partial charge in [0.05, 0.1) is 73.4 Å². The maximum absolute atomic E-state index is 14.1. The van der Waals surface area contributed by atoms with Crippen molar-refractivity contribution in [3.63, 3.8) is 0 Å². The number of rotatable bonds is 4. The molecule has 0 fully saturated rings. The number of hydrogen-bond acceptors (Lipinski definition) is 2. The molecule has 4 nitrogen and oxygen atoms in total. The van der Waals surface area contributed by atoms with Crippen LogP contribution in [-0.2, 0) is 18.5 Å². The first-order valence-corrected chi connectivity index (χ1v) is 18.1. The molecule has 0 amide bonds. The number of benzene rings is 7. The summed E-state index contributed by atoms with van der Waals surface area (Å²) >= 11 is 0. The van der Waals surface area contributed by atoms with Crippen LogP contribution in [0.1, 0.15) is 27.8 Å². The molecule has 0 bridgehead atoms. The van der Waals surface area contributed by atoms with Crippen LogP contribution in [0.25, 0.3) is 77.2 Å². The number of halogens is 9. The van der Waals surface area contributed by atoms with E-state index in [1.807, 2.05) is 6.07 Å². The zero-order valence-electron chi connectivity index (χ0n) is 30.5. The first-order valence-electron chi connectivity index (χ1n) is 18.1. The zero-order valence-corrected chi connectivity index (χ0v) is 30.5. The second-order valence-electron chi connectivity index (χ2n) is 14.1. The van der Waals surface area contributed by atoms with Crippen molar-refractivity contribution in [2.24, 2.45) is 0 Å². The van der Waals surface area contributed by atoms with Gasteiger partial charge in [0.2, 0.25) is 0 Å². The van der Waals surface area contributed by atoms with Crippen LogP contribution in [0.4, 0.5) is 39.5 Å². The Morgan fingerprint density at radius 2 is 0.833 bits per heavy atom. The van der Waals surface area contributed by atoms with Crippen LogP contribution < -0.4 is 0 Å². The number of alkyl halides is 9. The smallest absolute Gasteiger partial charge is 0.309 e. The molecule has 2 aromatic heterocycles. The number of nitriles is 2. The van der Waals surface area contributed by atoms with Crippen LogP contribution in [0.3, 0.4) is 0 Å². The molecule has 0 atom stereocenters. The second kappa shape index (κ2) is 13.5. The molecule has 7 aromatic carbocycles. The third-order valence-electron chi connectivity index (χ3n) is 10.7. The minimum atomic E-state index is -4.74. The second-order valence-corrected chi connectivity index (χ2v) is 14.1. The summed E-state index contributed by atoms with van der Waals surface area (Å²) in [6.07, 6.45) is -14.0. The largest absolute Gasteiger partial charge is 0.416 e. The lowest BCUT2D eigenvalue weighted by molar-refractivity contribution is -0.138. The zero-order chi connectivity index (χ0) is 42.3. The lowest BCUT2D eigenvalue weighted by Gasteiger charge is -2.20. The molecule has 0 saturated carbocycles. The Morgan fingerprint density at radius 3 is 1.33 bits per heavy atom. The Bertz CT molecular complexity index is 3310. The molecule has 294 valence electrons. The monoisotopic (exact) mass is 814 g/mol. The summed E-state index contributed by atoms with van der Waals surface area (Å²) < 4.78 is 129. The Hall–Kier alpha value is -7.51. The maximum atomic E-state index is 14.1. The molecule has 0 unspecified atom stereocenters. The normalized spacial score (nSPS) is 12.4. The van der Waals surface area contributed by atoms with Gasteiger partial charge in [-0.25, -0.2) is 0 Å². The van der Waals surface area contributed by atoms with E-state index in [1.165, 1.54) is 24.3 Å². The Labute approximate surface area is 333 Å². The van der Waals surface area contributed by atoms with E-state index in [1.54, 1.807) is 88.0 Å². The fourth-order valence-electron chi connectivity index (χ4n) is 8.01. The van der Waals surface area contributed by atoms with Crippen LogP contribution in [0.2, 0.25) is 0 Å².